The molecule has 2 amide bonds. The molecule has 0 atom stereocenters. The second kappa shape index (κ2) is 7.56. The number of hydrogen-bond donors (Lipinski definition) is 2. The number of nitrogens with one attached hydrogen (secondary N) is 2. The summed E-state index contributed by atoms with van der Waals surface area (Å²) in [6.45, 7) is 2.15. The number of carbonyl (C=O) groups is 2. The van der Waals surface area contributed by atoms with Gasteiger partial charge in [-0.15, -0.1) is 0 Å². The standard InChI is InChI=1S/C16H14ClN3O4/c1-10-2-4-11(5-3-10)9-18-15(21)16(22)19-12-6-7-13(17)14(8-12)20(23)24/h2-8H,9H2,1H3,(H,18,21)(H,19,22). The number of rotatable bonds is 4. The molecular weight excluding hydrogens is 334 g/mol. The molecule has 2 aromatic carbocycles. The molecule has 0 aliphatic carbocycles. The van der Waals surface area contributed by atoms with Gasteiger partial charge < -0.3 is 10.6 Å². The summed E-state index contributed by atoms with van der Waals surface area (Å²) in [5, 5.41) is 15.5. The molecule has 2 aromatic rings. The Labute approximate surface area is 142 Å². The van der Waals surface area contributed by atoms with Crippen LogP contribution in [0.15, 0.2) is 42.5 Å². The second-order valence-electron chi connectivity index (χ2n) is 5.05. The van der Waals surface area contributed by atoms with Gasteiger partial charge in [0.2, 0.25) is 0 Å². The van der Waals surface area contributed by atoms with E-state index >= 15 is 0 Å². The lowest BCUT2D eigenvalue weighted by Crippen LogP contribution is -2.34. The van der Waals surface area contributed by atoms with E-state index in [2.05, 4.69) is 10.6 Å². The number of carbonyl (C=O) groups excluding carboxylic acids is 2. The Balaban J connectivity index is 1.96. The molecule has 24 heavy (non-hydrogen) atoms. The first-order valence-corrected chi connectivity index (χ1v) is 7.33. The predicted molar refractivity (Wildman–Crippen MR) is 89.8 cm³/mol. The van der Waals surface area contributed by atoms with Crippen LogP contribution in [0.4, 0.5) is 11.4 Å². The Morgan fingerprint density at radius 2 is 1.79 bits per heavy atom. The van der Waals surface area contributed by atoms with Crippen LogP contribution < -0.4 is 10.6 Å². The van der Waals surface area contributed by atoms with Crippen molar-refractivity contribution in [3.63, 3.8) is 0 Å². The second-order valence-corrected chi connectivity index (χ2v) is 5.45. The zero-order valence-corrected chi connectivity index (χ0v) is 13.5. The summed E-state index contributed by atoms with van der Waals surface area (Å²) < 4.78 is 0. The van der Waals surface area contributed by atoms with E-state index in [-0.39, 0.29) is 22.9 Å². The SMILES string of the molecule is Cc1ccc(CNC(=O)C(=O)Nc2ccc(Cl)c([N+](=O)[O-])c2)cc1. The highest BCUT2D eigenvalue weighted by Crippen LogP contribution is 2.27. The molecular formula is C16H14ClN3O4. The molecule has 0 fully saturated rings. The van der Waals surface area contributed by atoms with Gasteiger partial charge in [-0.05, 0) is 24.6 Å². The lowest BCUT2D eigenvalue weighted by Gasteiger charge is -2.07. The Hall–Kier alpha value is -2.93. The summed E-state index contributed by atoms with van der Waals surface area (Å²) in [6, 6.07) is 11.2. The molecule has 0 bridgehead atoms. The van der Waals surface area contributed by atoms with Crippen LogP contribution >= 0.6 is 11.6 Å². The molecule has 0 radical (unpaired) electrons. The minimum atomic E-state index is -0.918. The third-order valence-corrected chi connectivity index (χ3v) is 3.50. The summed E-state index contributed by atoms with van der Waals surface area (Å²) in [6.07, 6.45) is 0. The molecule has 0 aliphatic heterocycles. The van der Waals surface area contributed by atoms with Gasteiger partial charge in [-0.25, -0.2) is 0 Å². The van der Waals surface area contributed by atoms with Gasteiger partial charge in [0, 0.05) is 18.3 Å². The predicted octanol–water partition coefficient (Wildman–Crippen LogP) is 2.81. The lowest BCUT2D eigenvalue weighted by molar-refractivity contribution is -0.384. The number of anilines is 1. The fraction of sp³-hybridized carbons (Fsp3) is 0.125. The minimum Gasteiger partial charge on any atom is -0.344 e. The lowest BCUT2D eigenvalue weighted by atomic mass is 10.1. The van der Waals surface area contributed by atoms with E-state index in [0.717, 1.165) is 17.2 Å². The Bertz CT molecular complexity index is 790. The molecule has 0 unspecified atom stereocenters. The van der Waals surface area contributed by atoms with E-state index in [1.54, 1.807) is 0 Å². The minimum absolute atomic E-state index is 0.0539. The van der Waals surface area contributed by atoms with Crippen molar-refractivity contribution in [1.29, 1.82) is 0 Å². The smallest absolute Gasteiger partial charge is 0.313 e. The van der Waals surface area contributed by atoms with Crippen molar-refractivity contribution in [2.24, 2.45) is 0 Å². The molecule has 0 aromatic heterocycles. The van der Waals surface area contributed by atoms with Crippen molar-refractivity contribution in [2.75, 3.05) is 5.32 Å². The van der Waals surface area contributed by atoms with Gasteiger partial charge in [-0.3, -0.25) is 19.7 Å². The quantitative estimate of drug-likeness (QED) is 0.504. The number of nitro groups is 1. The maximum absolute atomic E-state index is 11.8. The number of hydrogen-bond acceptors (Lipinski definition) is 4. The van der Waals surface area contributed by atoms with Crippen molar-refractivity contribution >= 4 is 34.8 Å². The summed E-state index contributed by atoms with van der Waals surface area (Å²) in [5.74, 6) is -1.76. The number of nitrogens with zero attached hydrogens (tertiary/aromatic N) is 1. The summed E-state index contributed by atoms with van der Waals surface area (Å²) in [4.78, 5) is 33.8. The third kappa shape index (κ3) is 4.53. The molecule has 0 spiro atoms. The molecule has 2 rings (SSSR count). The van der Waals surface area contributed by atoms with E-state index in [0.29, 0.717) is 0 Å². The maximum Gasteiger partial charge on any atom is 0.313 e. The number of aryl methyl sites for hydroxylation is 1. The number of nitro benzene ring substituents is 1. The van der Waals surface area contributed by atoms with Gasteiger partial charge in [-0.2, -0.15) is 0 Å². The van der Waals surface area contributed by atoms with Crippen LogP contribution in [0.2, 0.25) is 5.02 Å². The van der Waals surface area contributed by atoms with Crippen LogP contribution in [0.5, 0.6) is 0 Å². The summed E-state index contributed by atoms with van der Waals surface area (Å²) in [7, 11) is 0. The average Bonchev–Trinajstić information content (AvgIpc) is 2.55. The number of amides is 2. The van der Waals surface area contributed by atoms with Gasteiger partial charge in [0.1, 0.15) is 5.02 Å². The topological polar surface area (TPSA) is 101 Å². The van der Waals surface area contributed by atoms with Gasteiger partial charge in [0.05, 0.1) is 4.92 Å². The Morgan fingerprint density at radius 3 is 2.42 bits per heavy atom. The summed E-state index contributed by atoms with van der Waals surface area (Å²) >= 11 is 5.69. The monoisotopic (exact) mass is 347 g/mol. The Kier molecular flexibility index (Phi) is 5.49. The fourth-order valence-electron chi connectivity index (χ4n) is 1.89. The van der Waals surface area contributed by atoms with Gasteiger partial charge in [0.15, 0.2) is 0 Å². The highest BCUT2D eigenvalue weighted by molar-refractivity contribution is 6.39. The number of halogens is 1. The number of benzene rings is 2. The van der Waals surface area contributed by atoms with Crippen LogP contribution in [0, 0.1) is 17.0 Å². The van der Waals surface area contributed by atoms with Crippen molar-refractivity contribution in [1.82, 2.24) is 5.32 Å². The van der Waals surface area contributed by atoms with Crippen molar-refractivity contribution in [3.05, 3.63) is 68.7 Å². The molecule has 8 heteroatoms. The van der Waals surface area contributed by atoms with Crippen LogP contribution in [0.3, 0.4) is 0 Å². The van der Waals surface area contributed by atoms with Gasteiger partial charge in [0.25, 0.3) is 5.69 Å². The van der Waals surface area contributed by atoms with Crippen LogP contribution in [0.25, 0.3) is 0 Å². The molecule has 0 aliphatic rings. The van der Waals surface area contributed by atoms with Crippen molar-refractivity contribution < 1.29 is 14.5 Å². The molecule has 0 saturated heterocycles. The fourth-order valence-corrected chi connectivity index (χ4v) is 2.07. The molecule has 0 saturated carbocycles. The zero-order chi connectivity index (χ0) is 17.7. The van der Waals surface area contributed by atoms with Crippen LogP contribution in [-0.2, 0) is 16.1 Å². The van der Waals surface area contributed by atoms with E-state index in [9.17, 15) is 19.7 Å². The summed E-state index contributed by atoms with van der Waals surface area (Å²) in [5.41, 5.74) is 1.70. The van der Waals surface area contributed by atoms with Crippen molar-refractivity contribution in [3.8, 4) is 0 Å². The van der Waals surface area contributed by atoms with Gasteiger partial charge >= 0.3 is 11.8 Å². The molecule has 124 valence electrons. The largest absolute Gasteiger partial charge is 0.344 e. The van der Waals surface area contributed by atoms with E-state index in [4.69, 9.17) is 11.6 Å². The van der Waals surface area contributed by atoms with Crippen molar-refractivity contribution in [2.45, 2.75) is 13.5 Å². The first-order chi connectivity index (χ1) is 11.4. The zero-order valence-electron chi connectivity index (χ0n) is 12.7. The highest BCUT2D eigenvalue weighted by atomic mass is 35.5. The first kappa shape index (κ1) is 17.4. The van der Waals surface area contributed by atoms with E-state index in [1.165, 1.54) is 12.1 Å². The Morgan fingerprint density at radius 1 is 1.12 bits per heavy atom. The van der Waals surface area contributed by atoms with E-state index < -0.39 is 16.7 Å². The molecule has 2 N–H and O–H groups in total. The third-order valence-electron chi connectivity index (χ3n) is 3.18. The van der Waals surface area contributed by atoms with Crippen LogP contribution in [-0.4, -0.2) is 16.7 Å². The molecule has 0 heterocycles. The molecule has 7 nitrogen and oxygen atoms in total. The average molecular weight is 348 g/mol. The maximum atomic E-state index is 11.8. The first-order valence-electron chi connectivity index (χ1n) is 6.95. The van der Waals surface area contributed by atoms with Gasteiger partial charge in [-0.1, -0.05) is 41.4 Å². The van der Waals surface area contributed by atoms with E-state index in [1.807, 2.05) is 31.2 Å². The van der Waals surface area contributed by atoms with Crippen LogP contribution in [0.1, 0.15) is 11.1 Å². The highest BCUT2D eigenvalue weighted by Gasteiger charge is 2.17. The normalized spacial score (nSPS) is 10.1.